The number of hydrogen-bond donors (Lipinski definition) is 1. The summed E-state index contributed by atoms with van der Waals surface area (Å²) in [5, 5.41) is 0.407. The zero-order valence-electron chi connectivity index (χ0n) is 6.63. The SMILES string of the molecule is COCC(C)N(C)C(N)=S. The molecule has 0 aliphatic carbocycles. The maximum absolute atomic E-state index is 5.37. The van der Waals surface area contributed by atoms with E-state index in [0.29, 0.717) is 11.7 Å². The van der Waals surface area contributed by atoms with Gasteiger partial charge in [0.2, 0.25) is 0 Å². The lowest BCUT2D eigenvalue weighted by atomic mass is 10.3. The third-order valence-corrected chi connectivity index (χ3v) is 1.70. The highest BCUT2D eigenvalue weighted by Gasteiger charge is 2.08. The van der Waals surface area contributed by atoms with Gasteiger partial charge in [0.15, 0.2) is 5.11 Å². The molecule has 0 aliphatic rings. The van der Waals surface area contributed by atoms with Gasteiger partial charge in [0.05, 0.1) is 12.6 Å². The first-order chi connectivity index (χ1) is 4.59. The molecule has 0 rings (SSSR count). The average Bonchev–Trinajstić information content (AvgIpc) is 1.87. The van der Waals surface area contributed by atoms with E-state index in [-0.39, 0.29) is 6.04 Å². The zero-order chi connectivity index (χ0) is 8.15. The van der Waals surface area contributed by atoms with Crippen molar-refractivity contribution in [3.63, 3.8) is 0 Å². The van der Waals surface area contributed by atoms with Gasteiger partial charge in [-0.1, -0.05) is 0 Å². The van der Waals surface area contributed by atoms with Crippen LogP contribution in [0.4, 0.5) is 0 Å². The molecular weight excluding hydrogens is 148 g/mol. The van der Waals surface area contributed by atoms with Crippen LogP contribution < -0.4 is 5.73 Å². The number of likely N-dealkylation sites (N-methyl/N-ethyl adjacent to an activating group) is 1. The standard InChI is InChI=1S/C6H14N2OS/c1-5(4-9-3)8(2)6(7)10/h5H,4H2,1-3H3,(H2,7,10). The Morgan fingerprint density at radius 1 is 1.80 bits per heavy atom. The van der Waals surface area contributed by atoms with E-state index in [9.17, 15) is 0 Å². The summed E-state index contributed by atoms with van der Waals surface area (Å²) in [6.45, 7) is 2.65. The number of methoxy groups -OCH3 is 1. The van der Waals surface area contributed by atoms with Crippen LogP contribution in [0.3, 0.4) is 0 Å². The Hall–Kier alpha value is -0.350. The first-order valence-electron chi connectivity index (χ1n) is 3.10. The summed E-state index contributed by atoms with van der Waals surface area (Å²) in [6.07, 6.45) is 0. The molecule has 0 bridgehead atoms. The molecule has 0 fully saturated rings. The van der Waals surface area contributed by atoms with Crippen LogP contribution in [0, 0.1) is 0 Å². The van der Waals surface area contributed by atoms with Crippen molar-refractivity contribution in [2.24, 2.45) is 5.73 Å². The molecule has 4 heteroatoms. The fourth-order valence-electron chi connectivity index (χ4n) is 0.570. The zero-order valence-corrected chi connectivity index (χ0v) is 7.44. The summed E-state index contributed by atoms with van der Waals surface area (Å²) in [4.78, 5) is 1.80. The third-order valence-electron chi connectivity index (χ3n) is 1.42. The van der Waals surface area contributed by atoms with Crippen molar-refractivity contribution < 1.29 is 4.74 Å². The van der Waals surface area contributed by atoms with Crippen molar-refractivity contribution in [1.82, 2.24) is 4.90 Å². The number of thiocarbonyl (C=S) groups is 1. The van der Waals surface area contributed by atoms with Crippen molar-refractivity contribution in [3.05, 3.63) is 0 Å². The fraction of sp³-hybridized carbons (Fsp3) is 0.833. The molecule has 2 N–H and O–H groups in total. The van der Waals surface area contributed by atoms with Gasteiger partial charge in [0.25, 0.3) is 0 Å². The van der Waals surface area contributed by atoms with Gasteiger partial charge >= 0.3 is 0 Å². The summed E-state index contributed by atoms with van der Waals surface area (Å²) < 4.78 is 4.92. The first kappa shape index (κ1) is 9.65. The van der Waals surface area contributed by atoms with Crippen LogP contribution in [-0.4, -0.2) is 36.8 Å². The van der Waals surface area contributed by atoms with Gasteiger partial charge in [-0.05, 0) is 19.1 Å². The van der Waals surface area contributed by atoms with Gasteiger partial charge in [-0.15, -0.1) is 0 Å². The van der Waals surface area contributed by atoms with Crippen molar-refractivity contribution in [2.75, 3.05) is 20.8 Å². The topological polar surface area (TPSA) is 38.5 Å². The second-order valence-corrected chi connectivity index (χ2v) is 2.67. The van der Waals surface area contributed by atoms with Crippen LogP contribution in [0.2, 0.25) is 0 Å². The molecule has 0 aromatic carbocycles. The van der Waals surface area contributed by atoms with E-state index in [2.05, 4.69) is 0 Å². The number of rotatable bonds is 3. The first-order valence-corrected chi connectivity index (χ1v) is 3.51. The summed E-state index contributed by atoms with van der Waals surface area (Å²) in [7, 11) is 3.51. The Labute approximate surface area is 67.1 Å². The Morgan fingerprint density at radius 3 is 2.60 bits per heavy atom. The highest BCUT2D eigenvalue weighted by molar-refractivity contribution is 7.80. The van der Waals surface area contributed by atoms with Gasteiger partial charge in [0.1, 0.15) is 0 Å². The van der Waals surface area contributed by atoms with Crippen molar-refractivity contribution in [1.29, 1.82) is 0 Å². The lowest BCUT2D eigenvalue weighted by Crippen LogP contribution is -2.40. The van der Waals surface area contributed by atoms with Crippen molar-refractivity contribution in [2.45, 2.75) is 13.0 Å². The Kier molecular flexibility index (Phi) is 4.31. The second kappa shape index (κ2) is 4.46. The van der Waals surface area contributed by atoms with Gasteiger partial charge in [-0.2, -0.15) is 0 Å². The molecule has 1 unspecified atom stereocenters. The largest absolute Gasteiger partial charge is 0.383 e. The minimum Gasteiger partial charge on any atom is -0.383 e. The van der Waals surface area contributed by atoms with Gasteiger partial charge in [-0.3, -0.25) is 0 Å². The summed E-state index contributed by atoms with van der Waals surface area (Å²) >= 11 is 4.76. The van der Waals surface area contributed by atoms with Crippen LogP contribution in [0.15, 0.2) is 0 Å². The summed E-state index contributed by atoms with van der Waals surface area (Å²) in [5.41, 5.74) is 5.37. The Morgan fingerprint density at radius 2 is 2.30 bits per heavy atom. The van der Waals surface area contributed by atoms with Gasteiger partial charge in [-0.25, -0.2) is 0 Å². The molecule has 0 aromatic heterocycles. The lowest BCUT2D eigenvalue weighted by Gasteiger charge is -2.23. The summed E-state index contributed by atoms with van der Waals surface area (Å²) in [5.74, 6) is 0. The number of hydrogen-bond acceptors (Lipinski definition) is 2. The Bertz CT molecular complexity index is 118. The molecule has 0 amide bonds. The molecule has 0 aromatic rings. The average molecular weight is 162 g/mol. The van der Waals surface area contributed by atoms with Crippen LogP contribution in [-0.2, 0) is 4.74 Å². The minimum absolute atomic E-state index is 0.252. The smallest absolute Gasteiger partial charge is 0.166 e. The van der Waals surface area contributed by atoms with Crippen LogP contribution >= 0.6 is 12.2 Å². The molecule has 0 spiro atoms. The number of nitrogens with zero attached hydrogens (tertiary/aromatic N) is 1. The molecule has 0 saturated carbocycles. The van der Waals surface area contributed by atoms with E-state index in [1.54, 1.807) is 12.0 Å². The number of ether oxygens (including phenoxy) is 1. The van der Waals surface area contributed by atoms with E-state index in [0.717, 1.165) is 0 Å². The molecule has 1 atom stereocenters. The highest BCUT2D eigenvalue weighted by atomic mass is 32.1. The van der Waals surface area contributed by atoms with Crippen LogP contribution in [0.1, 0.15) is 6.92 Å². The molecule has 0 radical (unpaired) electrons. The van der Waals surface area contributed by atoms with Crippen molar-refractivity contribution >= 4 is 17.3 Å². The van der Waals surface area contributed by atoms with E-state index < -0.39 is 0 Å². The molecule has 3 nitrogen and oxygen atoms in total. The quantitative estimate of drug-likeness (QED) is 0.602. The number of nitrogens with two attached hydrogens (primary N) is 1. The predicted octanol–water partition coefficient (Wildman–Crippen LogP) is 0.197. The maximum Gasteiger partial charge on any atom is 0.166 e. The summed E-state index contributed by atoms with van der Waals surface area (Å²) in [6, 6.07) is 0.252. The highest BCUT2D eigenvalue weighted by Crippen LogP contribution is 1.94. The van der Waals surface area contributed by atoms with Crippen LogP contribution in [0.5, 0.6) is 0 Å². The monoisotopic (exact) mass is 162 g/mol. The molecule has 0 heterocycles. The minimum atomic E-state index is 0.252. The third kappa shape index (κ3) is 2.98. The Balaban J connectivity index is 3.69. The maximum atomic E-state index is 5.37. The van der Waals surface area contributed by atoms with E-state index in [4.69, 9.17) is 22.7 Å². The van der Waals surface area contributed by atoms with Crippen LogP contribution in [0.25, 0.3) is 0 Å². The molecule has 0 saturated heterocycles. The van der Waals surface area contributed by atoms with Gasteiger partial charge < -0.3 is 15.4 Å². The molecule has 10 heavy (non-hydrogen) atoms. The van der Waals surface area contributed by atoms with Crippen molar-refractivity contribution in [3.8, 4) is 0 Å². The van der Waals surface area contributed by atoms with E-state index in [1.165, 1.54) is 0 Å². The van der Waals surface area contributed by atoms with E-state index in [1.807, 2.05) is 14.0 Å². The normalized spacial score (nSPS) is 12.7. The predicted molar refractivity (Wildman–Crippen MR) is 45.9 cm³/mol. The van der Waals surface area contributed by atoms with Gasteiger partial charge in [0, 0.05) is 14.2 Å². The fourth-order valence-corrected chi connectivity index (χ4v) is 0.750. The second-order valence-electron chi connectivity index (χ2n) is 2.25. The molecular formula is C6H14N2OS. The molecule has 0 aliphatic heterocycles. The van der Waals surface area contributed by atoms with E-state index >= 15 is 0 Å². The molecule has 60 valence electrons. The lowest BCUT2D eigenvalue weighted by molar-refractivity contribution is 0.146.